The van der Waals surface area contributed by atoms with Gasteiger partial charge in [-0.1, -0.05) is 0 Å². The minimum atomic E-state index is -0.656. The molecule has 1 rings (SSSR count). The Morgan fingerprint density at radius 1 is 1.50 bits per heavy atom. The van der Waals surface area contributed by atoms with Crippen LogP contribution in [-0.2, 0) is 16.0 Å². The fraction of sp³-hybridized carbons (Fsp3) is 0.583. The number of hydrogen-bond donors (Lipinski definition) is 1. The van der Waals surface area contributed by atoms with Crippen LogP contribution in [0.15, 0.2) is 16.5 Å². The first-order valence-corrected chi connectivity index (χ1v) is 5.34. The number of methoxy groups -OCH3 is 1. The molecule has 1 aromatic rings. The predicted molar refractivity (Wildman–Crippen MR) is 61.2 cm³/mol. The summed E-state index contributed by atoms with van der Waals surface area (Å²) in [5, 5.41) is 3.13. The lowest BCUT2D eigenvalue weighted by atomic mass is 10.1. The van der Waals surface area contributed by atoms with Gasteiger partial charge in [-0.3, -0.25) is 4.79 Å². The number of aryl methyl sites for hydroxylation is 1. The number of hydrogen-bond acceptors (Lipinski definition) is 4. The highest BCUT2D eigenvalue weighted by Gasteiger charge is 2.27. The van der Waals surface area contributed by atoms with Crippen molar-refractivity contribution < 1.29 is 13.9 Å². The van der Waals surface area contributed by atoms with Crippen LogP contribution in [0.1, 0.15) is 25.4 Å². The van der Waals surface area contributed by atoms with E-state index in [2.05, 4.69) is 5.32 Å². The van der Waals surface area contributed by atoms with Crippen LogP contribution in [0.2, 0.25) is 0 Å². The van der Waals surface area contributed by atoms with Gasteiger partial charge in [0.05, 0.1) is 7.11 Å². The molecule has 0 saturated carbocycles. The number of rotatable bonds is 5. The summed E-state index contributed by atoms with van der Waals surface area (Å²) in [4.78, 5) is 11.4. The highest BCUT2D eigenvalue weighted by molar-refractivity contribution is 5.79. The molecule has 0 radical (unpaired) electrons. The van der Waals surface area contributed by atoms with Crippen molar-refractivity contribution in [1.29, 1.82) is 0 Å². The van der Waals surface area contributed by atoms with Crippen molar-refractivity contribution in [3.8, 4) is 0 Å². The molecule has 90 valence electrons. The third-order valence-corrected chi connectivity index (χ3v) is 2.43. The molecule has 0 spiro atoms. The highest BCUT2D eigenvalue weighted by Crippen LogP contribution is 2.08. The van der Waals surface area contributed by atoms with Crippen LogP contribution in [0.25, 0.3) is 0 Å². The molecule has 1 aromatic heterocycles. The van der Waals surface area contributed by atoms with Gasteiger partial charge in [-0.15, -0.1) is 0 Å². The Hall–Kier alpha value is -1.29. The zero-order valence-electron chi connectivity index (χ0n) is 10.3. The maximum Gasteiger partial charge on any atom is 0.325 e. The van der Waals surface area contributed by atoms with Crippen molar-refractivity contribution in [2.75, 3.05) is 13.7 Å². The molecule has 0 aliphatic carbocycles. The largest absolute Gasteiger partial charge is 0.468 e. The summed E-state index contributed by atoms with van der Waals surface area (Å²) >= 11 is 0. The molecule has 4 nitrogen and oxygen atoms in total. The van der Waals surface area contributed by atoms with Crippen LogP contribution in [-0.4, -0.2) is 25.2 Å². The van der Waals surface area contributed by atoms with E-state index in [1.807, 2.05) is 19.1 Å². The van der Waals surface area contributed by atoms with Crippen LogP contribution in [0, 0.1) is 6.92 Å². The quantitative estimate of drug-likeness (QED) is 0.774. The van der Waals surface area contributed by atoms with Crippen molar-refractivity contribution in [3.63, 3.8) is 0 Å². The smallest absolute Gasteiger partial charge is 0.325 e. The van der Waals surface area contributed by atoms with Gasteiger partial charge in [0.1, 0.15) is 17.1 Å². The van der Waals surface area contributed by atoms with Crippen LogP contribution in [0.3, 0.4) is 0 Å². The average Bonchev–Trinajstić information content (AvgIpc) is 2.62. The van der Waals surface area contributed by atoms with Gasteiger partial charge < -0.3 is 14.5 Å². The van der Waals surface area contributed by atoms with Gasteiger partial charge in [-0.2, -0.15) is 0 Å². The first-order chi connectivity index (χ1) is 7.45. The maximum absolute atomic E-state index is 11.4. The third-order valence-electron chi connectivity index (χ3n) is 2.43. The summed E-state index contributed by atoms with van der Waals surface area (Å²) in [6.45, 7) is 6.18. The Morgan fingerprint density at radius 2 is 2.19 bits per heavy atom. The van der Waals surface area contributed by atoms with Gasteiger partial charge in [0, 0.05) is 13.0 Å². The Morgan fingerprint density at radius 3 is 2.69 bits per heavy atom. The number of esters is 1. The molecule has 4 heteroatoms. The Labute approximate surface area is 96.0 Å². The van der Waals surface area contributed by atoms with Crippen molar-refractivity contribution >= 4 is 5.97 Å². The fourth-order valence-corrected chi connectivity index (χ4v) is 1.45. The second kappa shape index (κ2) is 5.16. The van der Waals surface area contributed by atoms with Crippen LogP contribution in [0.4, 0.5) is 0 Å². The Balaban J connectivity index is 2.38. The number of nitrogens with one attached hydrogen (secondary N) is 1. The summed E-state index contributed by atoms with van der Waals surface area (Å²) in [5.41, 5.74) is -0.656. The van der Waals surface area contributed by atoms with E-state index in [0.29, 0.717) is 6.54 Å². The topological polar surface area (TPSA) is 51.5 Å². The second-order valence-corrected chi connectivity index (χ2v) is 4.31. The maximum atomic E-state index is 11.4. The van der Waals surface area contributed by atoms with Crippen LogP contribution >= 0.6 is 0 Å². The standard InChI is InChI=1S/C12H19NO3/c1-9-5-6-10(16-9)7-8-13-12(2,3)11(14)15-4/h5-6,13H,7-8H2,1-4H3. The molecule has 0 fully saturated rings. The molecule has 0 aromatic carbocycles. The van der Waals surface area contributed by atoms with Gasteiger partial charge in [0.15, 0.2) is 0 Å². The highest BCUT2D eigenvalue weighted by atomic mass is 16.5. The minimum absolute atomic E-state index is 0.261. The summed E-state index contributed by atoms with van der Waals surface area (Å²) in [6, 6.07) is 3.88. The monoisotopic (exact) mass is 225 g/mol. The van der Waals surface area contributed by atoms with E-state index in [-0.39, 0.29) is 5.97 Å². The number of carbonyl (C=O) groups excluding carboxylic acids is 1. The van der Waals surface area contributed by atoms with Gasteiger partial charge in [-0.05, 0) is 32.9 Å². The van der Waals surface area contributed by atoms with E-state index in [4.69, 9.17) is 9.15 Å². The van der Waals surface area contributed by atoms with Crippen molar-refractivity contribution in [1.82, 2.24) is 5.32 Å². The minimum Gasteiger partial charge on any atom is -0.468 e. The number of ether oxygens (including phenoxy) is 1. The normalized spacial score (nSPS) is 11.5. The van der Waals surface area contributed by atoms with Gasteiger partial charge in [0.2, 0.25) is 0 Å². The molecule has 0 aliphatic rings. The summed E-state index contributed by atoms with van der Waals surface area (Å²) in [7, 11) is 1.39. The van der Waals surface area contributed by atoms with Crippen molar-refractivity contribution in [2.24, 2.45) is 0 Å². The summed E-state index contributed by atoms with van der Waals surface area (Å²) in [6.07, 6.45) is 0.758. The average molecular weight is 225 g/mol. The molecule has 16 heavy (non-hydrogen) atoms. The molecule has 0 saturated heterocycles. The van der Waals surface area contributed by atoms with Crippen LogP contribution < -0.4 is 5.32 Å². The molecule has 1 heterocycles. The van der Waals surface area contributed by atoms with E-state index in [1.165, 1.54) is 7.11 Å². The van der Waals surface area contributed by atoms with E-state index in [9.17, 15) is 4.79 Å². The molecule has 0 atom stereocenters. The SMILES string of the molecule is COC(=O)C(C)(C)NCCc1ccc(C)o1. The lowest BCUT2D eigenvalue weighted by Crippen LogP contribution is -2.48. The zero-order chi connectivity index (χ0) is 12.2. The summed E-state index contributed by atoms with van der Waals surface area (Å²) in [5.74, 6) is 1.57. The van der Waals surface area contributed by atoms with E-state index in [1.54, 1.807) is 13.8 Å². The lowest BCUT2D eigenvalue weighted by molar-refractivity contribution is -0.147. The van der Waals surface area contributed by atoms with E-state index in [0.717, 1.165) is 17.9 Å². The third kappa shape index (κ3) is 3.38. The first kappa shape index (κ1) is 12.8. The van der Waals surface area contributed by atoms with Crippen LogP contribution in [0.5, 0.6) is 0 Å². The van der Waals surface area contributed by atoms with E-state index < -0.39 is 5.54 Å². The van der Waals surface area contributed by atoms with Gasteiger partial charge in [0.25, 0.3) is 0 Å². The van der Waals surface area contributed by atoms with E-state index >= 15 is 0 Å². The first-order valence-electron chi connectivity index (χ1n) is 5.34. The zero-order valence-corrected chi connectivity index (χ0v) is 10.3. The predicted octanol–water partition coefficient (Wildman–Crippen LogP) is 1.67. The number of carbonyl (C=O) groups is 1. The second-order valence-electron chi connectivity index (χ2n) is 4.31. The fourth-order valence-electron chi connectivity index (χ4n) is 1.45. The van der Waals surface area contributed by atoms with Gasteiger partial charge in [-0.25, -0.2) is 0 Å². The Kier molecular flexibility index (Phi) is 4.12. The van der Waals surface area contributed by atoms with Crippen molar-refractivity contribution in [3.05, 3.63) is 23.7 Å². The number of furan rings is 1. The molecule has 0 bridgehead atoms. The van der Waals surface area contributed by atoms with Gasteiger partial charge >= 0.3 is 5.97 Å². The summed E-state index contributed by atoms with van der Waals surface area (Å²) < 4.78 is 10.1. The molecular weight excluding hydrogens is 206 g/mol. The Bertz CT molecular complexity index is 355. The molecule has 0 amide bonds. The van der Waals surface area contributed by atoms with Crippen molar-refractivity contribution in [2.45, 2.75) is 32.7 Å². The lowest BCUT2D eigenvalue weighted by Gasteiger charge is -2.22. The molecule has 0 aliphatic heterocycles. The molecule has 1 N–H and O–H groups in total. The molecular formula is C12H19NO3. The molecule has 0 unspecified atom stereocenters.